The van der Waals surface area contributed by atoms with E-state index in [1.54, 1.807) is 40.1 Å². The van der Waals surface area contributed by atoms with Crippen molar-refractivity contribution < 1.29 is 9.53 Å². The van der Waals surface area contributed by atoms with Crippen molar-refractivity contribution in [2.75, 3.05) is 0 Å². The number of nitrogens with zero attached hydrogens (tertiary/aromatic N) is 6. The van der Waals surface area contributed by atoms with Crippen molar-refractivity contribution in [1.29, 1.82) is 0 Å². The Balaban J connectivity index is 1.55. The molecule has 3 heterocycles. The molecule has 1 atom stereocenters. The molecule has 170 valence electrons. The number of carbonyl (C=O) groups is 1. The molecule has 2 aromatic carbocycles. The summed E-state index contributed by atoms with van der Waals surface area (Å²) in [4.78, 5) is 22.3. The number of aryl methyl sites for hydroxylation is 1. The van der Waals surface area contributed by atoms with E-state index in [0.717, 1.165) is 11.1 Å². The number of rotatable bonds is 7. The largest absolute Gasteiger partial charge is 0.452 e. The zero-order valence-corrected chi connectivity index (χ0v) is 19.1. The maximum Gasteiger partial charge on any atom is 0.339 e. The van der Waals surface area contributed by atoms with E-state index in [-0.39, 0.29) is 0 Å². The maximum absolute atomic E-state index is 13.6. The molecular formula is C25H21ClN6O2. The van der Waals surface area contributed by atoms with Crippen LogP contribution < -0.4 is 0 Å². The standard InChI is InChI=1S/C25H21ClN6O2/c1-2-32-24-21(13-28-32)20(12-22(30-24)17-6-4-3-5-7-17)25(33)34-23(14-31-16-27-15-29-31)18-8-10-19(26)11-9-18/h3-13,15-16,23H,2,14H2,1H3. The van der Waals surface area contributed by atoms with Crippen molar-refractivity contribution >= 4 is 28.6 Å². The number of benzene rings is 2. The Bertz CT molecular complexity index is 1420. The number of carbonyl (C=O) groups excluding carboxylic acids is 1. The smallest absolute Gasteiger partial charge is 0.339 e. The number of aromatic nitrogens is 6. The summed E-state index contributed by atoms with van der Waals surface area (Å²) in [5.41, 5.74) is 3.41. The summed E-state index contributed by atoms with van der Waals surface area (Å²) in [7, 11) is 0. The second kappa shape index (κ2) is 9.44. The molecule has 9 heteroatoms. The summed E-state index contributed by atoms with van der Waals surface area (Å²) >= 11 is 6.07. The number of halogens is 1. The van der Waals surface area contributed by atoms with Crippen LogP contribution in [0.15, 0.2) is 79.5 Å². The minimum atomic E-state index is -0.601. The molecule has 0 aliphatic rings. The van der Waals surface area contributed by atoms with Gasteiger partial charge < -0.3 is 4.74 Å². The lowest BCUT2D eigenvalue weighted by Gasteiger charge is -2.19. The van der Waals surface area contributed by atoms with E-state index in [9.17, 15) is 4.79 Å². The van der Waals surface area contributed by atoms with E-state index in [1.165, 1.54) is 6.33 Å². The van der Waals surface area contributed by atoms with Gasteiger partial charge >= 0.3 is 5.97 Å². The first-order valence-corrected chi connectivity index (χ1v) is 11.2. The molecular weight excluding hydrogens is 452 g/mol. The molecule has 1 unspecified atom stereocenters. The first-order chi connectivity index (χ1) is 16.6. The molecule has 0 saturated carbocycles. The third-order valence-corrected chi connectivity index (χ3v) is 5.76. The molecule has 0 fully saturated rings. The van der Waals surface area contributed by atoms with E-state index in [1.807, 2.05) is 49.4 Å². The molecule has 0 spiro atoms. The van der Waals surface area contributed by atoms with Gasteiger partial charge in [-0.15, -0.1) is 0 Å². The Morgan fingerprint density at radius 2 is 1.88 bits per heavy atom. The minimum absolute atomic E-state index is 0.307. The quantitative estimate of drug-likeness (QED) is 0.311. The number of ether oxygens (including phenoxy) is 1. The number of pyridine rings is 1. The molecule has 0 N–H and O–H groups in total. The summed E-state index contributed by atoms with van der Waals surface area (Å²) in [6.07, 6.45) is 4.08. The monoisotopic (exact) mass is 472 g/mol. The van der Waals surface area contributed by atoms with Gasteiger partial charge in [0.05, 0.1) is 29.4 Å². The third-order valence-electron chi connectivity index (χ3n) is 5.51. The highest BCUT2D eigenvalue weighted by Gasteiger charge is 2.23. The zero-order chi connectivity index (χ0) is 23.5. The average Bonchev–Trinajstić information content (AvgIpc) is 3.53. The number of hydrogen-bond donors (Lipinski definition) is 0. The van der Waals surface area contributed by atoms with E-state index >= 15 is 0 Å². The summed E-state index contributed by atoms with van der Waals surface area (Å²) in [6, 6.07) is 18.7. The second-order valence-electron chi connectivity index (χ2n) is 7.68. The van der Waals surface area contributed by atoms with Crippen LogP contribution in [0, 0.1) is 0 Å². The predicted molar refractivity (Wildman–Crippen MR) is 128 cm³/mol. The summed E-state index contributed by atoms with van der Waals surface area (Å²) in [5, 5.41) is 9.81. The van der Waals surface area contributed by atoms with Crippen molar-refractivity contribution in [2.45, 2.75) is 26.1 Å². The Hall–Kier alpha value is -4.04. The van der Waals surface area contributed by atoms with E-state index in [4.69, 9.17) is 21.3 Å². The second-order valence-corrected chi connectivity index (χ2v) is 8.12. The lowest BCUT2D eigenvalue weighted by Crippen LogP contribution is -2.18. The van der Waals surface area contributed by atoms with Crippen LogP contribution >= 0.6 is 11.6 Å². The van der Waals surface area contributed by atoms with Crippen LogP contribution in [0.25, 0.3) is 22.3 Å². The fourth-order valence-electron chi connectivity index (χ4n) is 3.78. The van der Waals surface area contributed by atoms with Crippen molar-refractivity contribution in [3.05, 3.63) is 95.7 Å². The summed E-state index contributed by atoms with van der Waals surface area (Å²) in [6.45, 7) is 2.92. The Morgan fingerprint density at radius 1 is 1.09 bits per heavy atom. The van der Waals surface area contributed by atoms with Crippen molar-refractivity contribution in [3.63, 3.8) is 0 Å². The van der Waals surface area contributed by atoms with Crippen LogP contribution in [0.4, 0.5) is 0 Å². The fraction of sp³-hybridized carbons (Fsp3) is 0.160. The molecule has 0 aliphatic heterocycles. The molecule has 0 aliphatic carbocycles. The molecule has 5 rings (SSSR count). The fourth-order valence-corrected chi connectivity index (χ4v) is 3.91. The van der Waals surface area contributed by atoms with Gasteiger partial charge in [0.25, 0.3) is 0 Å². The normalized spacial score (nSPS) is 12.1. The van der Waals surface area contributed by atoms with Gasteiger partial charge in [-0.3, -0.25) is 0 Å². The van der Waals surface area contributed by atoms with Crippen LogP contribution in [0.2, 0.25) is 5.02 Å². The highest BCUT2D eigenvalue weighted by atomic mass is 35.5. The Labute approximate surface area is 200 Å². The Kier molecular flexibility index (Phi) is 6.05. The van der Waals surface area contributed by atoms with Gasteiger partial charge in [0.1, 0.15) is 18.8 Å². The lowest BCUT2D eigenvalue weighted by atomic mass is 10.1. The van der Waals surface area contributed by atoms with Gasteiger partial charge in [-0.1, -0.05) is 54.1 Å². The molecule has 8 nitrogen and oxygen atoms in total. The summed E-state index contributed by atoms with van der Waals surface area (Å²) in [5.74, 6) is -0.472. The predicted octanol–water partition coefficient (Wildman–Crippen LogP) is 4.96. The SMILES string of the molecule is CCn1ncc2c(C(=O)OC(Cn3cncn3)c3ccc(Cl)cc3)cc(-c3ccccc3)nc21. The molecule has 0 bridgehead atoms. The topological polar surface area (TPSA) is 87.7 Å². The third kappa shape index (κ3) is 4.40. The van der Waals surface area contributed by atoms with Crippen molar-refractivity contribution in [1.82, 2.24) is 29.5 Å². The maximum atomic E-state index is 13.6. The number of hydrogen-bond acceptors (Lipinski definition) is 6. The molecule has 0 saturated heterocycles. The van der Waals surface area contributed by atoms with Gasteiger partial charge in [0, 0.05) is 17.1 Å². The summed E-state index contributed by atoms with van der Waals surface area (Å²) < 4.78 is 9.43. The van der Waals surface area contributed by atoms with Gasteiger partial charge in [-0.25, -0.2) is 24.1 Å². The van der Waals surface area contributed by atoms with E-state index < -0.39 is 12.1 Å². The first kappa shape index (κ1) is 21.8. The number of fused-ring (bicyclic) bond motifs is 1. The van der Waals surface area contributed by atoms with Gasteiger partial charge in [-0.05, 0) is 30.7 Å². The van der Waals surface area contributed by atoms with Crippen molar-refractivity contribution in [2.24, 2.45) is 0 Å². The average molecular weight is 473 g/mol. The van der Waals surface area contributed by atoms with Crippen LogP contribution in [-0.2, 0) is 17.8 Å². The first-order valence-electron chi connectivity index (χ1n) is 10.8. The molecule has 0 radical (unpaired) electrons. The molecule has 5 aromatic rings. The zero-order valence-electron chi connectivity index (χ0n) is 18.4. The van der Waals surface area contributed by atoms with Gasteiger partial charge in [0.2, 0.25) is 0 Å². The van der Waals surface area contributed by atoms with Crippen LogP contribution in [0.5, 0.6) is 0 Å². The lowest BCUT2D eigenvalue weighted by molar-refractivity contribution is 0.0249. The minimum Gasteiger partial charge on any atom is -0.452 e. The highest BCUT2D eigenvalue weighted by Crippen LogP contribution is 2.28. The molecule has 3 aromatic heterocycles. The Morgan fingerprint density at radius 3 is 2.59 bits per heavy atom. The van der Waals surface area contributed by atoms with Crippen LogP contribution in [-0.4, -0.2) is 35.5 Å². The number of esters is 1. The molecule has 34 heavy (non-hydrogen) atoms. The van der Waals surface area contributed by atoms with Crippen LogP contribution in [0.3, 0.4) is 0 Å². The molecule has 0 amide bonds. The van der Waals surface area contributed by atoms with Gasteiger partial charge in [-0.2, -0.15) is 10.2 Å². The van der Waals surface area contributed by atoms with Crippen LogP contribution in [0.1, 0.15) is 28.9 Å². The van der Waals surface area contributed by atoms with E-state index in [2.05, 4.69) is 15.2 Å². The highest BCUT2D eigenvalue weighted by molar-refractivity contribution is 6.30. The van der Waals surface area contributed by atoms with Crippen molar-refractivity contribution in [3.8, 4) is 11.3 Å². The van der Waals surface area contributed by atoms with E-state index in [0.29, 0.717) is 40.4 Å². The van der Waals surface area contributed by atoms with Gasteiger partial charge in [0.15, 0.2) is 5.65 Å².